The van der Waals surface area contributed by atoms with Crippen molar-refractivity contribution in [3.05, 3.63) is 47.1 Å². The van der Waals surface area contributed by atoms with Gasteiger partial charge < -0.3 is 14.0 Å². The van der Waals surface area contributed by atoms with E-state index < -0.39 is 6.10 Å². The summed E-state index contributed by atoms with van der Waals surface area (Å²) in [5.74, 6) is 0.981. The van der Waals surface area contributed by atoms with Crippen molar-refractivity contribution < 1.29 is 14.3 Å². The van der Waals surface area contributed by atoms with E-state index in [2.05, 4.69) is 41.7 Å². The number of benzene rings is 1. The van der Waals surface area contributed by atoms with Gasteiger partial charge >= 0.3 is 0 Å². The zero-order chi connectivity index (χ0) is 19.7. The van der Waals surface area contributed by atoms with Gasteiger partial charge in [0.2, 0.25) is 6.10 Å². The number of fused-ring (bicyclic) bond motifs is 1. The lowest BCUT2D eigenvalue weighted by molar-refractivity contribution is -0.125. The van der Waals surface area contributed by atoms with Crippen LogP contribution in [0.4, 0.5) is 5.13 Å². The number of hydrogen-bond acceptors (Lipinski definition) is 5. The summed E-state index contributed by atoms with van der Waals surface area (Å²) < 4.78 is 13.7. The van der Waals surface area contributed by atoms with Gasteiger partial charge in [0, 0.05) is 28.9 Å². The lowest BCUT2D eigenvalue weighted by Crippen LogP contribution is -2.40. The van der Waals surface area contributed by atoms with Gasteiger partial charge in [-0.05, 0) is 38.5 Å². The molecule has 0 saturated heterocycles. The molecule has 1 aromatic carbocycles. The van der Waals surface area contributed by atoms with Crippen LogP contribution in [0, 0.1) is 13.8 Å². The first-order valence-corrected chi connectivity index (χ1v) is 10.3. The van der Waals surface area contributed by atoms with Gasteiger partial charge in [0.1, 0.15) is 6.61 Å². The lowest BCUT2D eigenvalue weighted by atomic mass is 10.2. The lowest BCUT2D eigenvalue weighted by Gasteiger charge is -2.25. The summed E-state index contributed by atoms with van der Waals surface area (Å²) in [5.41, 5.74) is 4.40. The third kappa shape index (κ3) is 3.49. The Kier molecular flexibility index (Phi) is 5.09. The Morgan fingerprint density at radius 1 is 1.32 bits per heavy atom. The van der Waals surface area contributed by atoms with Crippen LogP contribution in [0.2, 0.25) is 0 Å². The Morgan fingerprint density at radius 3 is 2.89 bits per heavy atom. The molecule has 1 amide bonds. The van der Waals surface area contributed by atoms with E-state index >= 15 is 0 Å². The minimum Gasteiger partial charge on any atom is -0.485 e. The third-order valence-electron chi connectivity index (χ3n) is 4.83. The molecule has 3 heterocycles. The van der Waals surface area contributed by atoms with Crippen molar-refractivity contribution in [3.63, 3.8) is 0 Å². The van der Waals surface area contributed by atoms with Gasteiger partial charge in [-0.2, -0.15) is 0 Å². The molecule has 1 atom stereocenters. The molecular formula is C21H23N3O3S. The van der Waals surface area contributed by atoms with Gasteiger partial charge in [0.05, 0.1) is 5.69 Å². The summed E-state index contributed by atoms with van der Waals surface area (Å²) in [6.45, 7) is 7.56. The minimum atomic E-state index is -0.697. The molecule has 6 nitrogen and oxygen atoms in total. The van der Waals surface area contributed by atoms with Gasteiger partial charge in [0.25, 0.3) is 5.91 Å². The Bertz CT molecular complexity index is 1010. The van der Waals surface area contributed by atoms with Crippen molar-refractivity contribution in [1.29, 1.82) is 0 Å². The number of para-hydroxylation sites is 2. The predicted octanol–water partition coefficient (Wildman–Crippen LogP) is 4.42. The van der Waals surface area contributed by atoms with E-state index in [1.54, 1.807) is 6.07 Å². The van der Waals surface area contributed by atoms with Gasteiger partial charge in [-0.25, -0.2) is 4.98 Å². The summed E-state index contributed by atoms with van der Waals surface area (Å²) >= 11 is 1.41. The molecule has 1 aliphatic rings. The van der Waals surface area contributed by atoms with Crippen molar-refractivity contribution in [1.82, 2.24) is 9.55 Å². The Balaban J connectivity index is 1.47. The molecule has 0 aliphatic carbocycles. The first-order chi connectivity index (χ1) is 13.6. The number of anilines is 1. The van der Waals surface area contributed by atoms with Crippen molar-refractivity contribution in [2.24, 2.45) is 0 Å². The maximum atomic E-state index is 12.6. The average molecular weight is 398 g/mol. The van der Waals surface area contributed by atoms with Crippen LogP contribution in [0.1, 0.15) is 24.7 Å². The largest absolute Gasteiger partial charge is 0.485 e. The number of aromatic nitrogens is 2. The van der Waals surface area contributed by atoms with Crippen LogP contribution < -0.4 is 14.8 Å². The monoisotopic (exact) mass is 397 g/mol. The van der Waals surface area contributed by atoms with Gasteiger partial charge in [0.15, 0.2) is 16.6 Å². The summed E-state index contributed by atoms with van der Waals surface area (Å²) in [7, 11) is 0. The Hall–Kier alpha value is -2.80. The zero-order valence-corrected chi connectivity index (χ0v) is 17.0. The summed E-state index contributed by atoms with van der Waals surface area (Å²) in [5, 5.41) is 5.39. The molecule has 28 heavy (non-hydrogen) atoms. The van der Waals surface area contributed by atoms with Crippen molar-refractivity contribution in [2.75, 3.05) is 11.9 Å². The summed E-state index contributed by atoms with van der Waals surface area (Å²) in [6, 6.07) is 9.50. The van der Waals surface area contributed by atoms with E-state index in [4.69, 9.17) is 9.47 Å². The van der Waals surface area contributed by atoms with E-state index in [1.165, 1.54) is 22.7 Å². The highest BCUT2D eigenvalue weighted by molar-refractivity contribution is 7.14. The van der Waals surface area contributed by atoms with Crippen molar-refractivity contribution >= 4 is 22.4 Å². The highest BCUT2D eigenvalue weighted by Gasteiger charge is 2.28. The van der Waals surface area contributed by atoms with Crippen LogP contribution in [0.5, 0.6) is 11.5 Å². The Morgan fingerprint density at radius 2 is 2.11 bits per heavy atom. The fourth-order valence-corrected chi connectivity index (χ4v) is 4.13. The third-order valence-corrected chi connectivity index (χ3v) is 5.59. The number of carbonyl (C=O) groups excluding carboxylic acids is 1. The van der Waals surface area contributed by atoms with Crippen LogP contribution in [-0.2, 0) is 11.3 Å². The molecule has 3 aromatic rings. The molecule has 0 bridgehead atoms. The normalized spacial score (nSPS) is 15.5. The van der Waals surface area contributed by atoms with Gasteiger partial charge in [-0.1, -0.05) is 19.1 Å². The smallest absolute Gasteiger partial charge is 0.270 e. The number of aryl methyl sites for hydroxylation is 1. The second kappa shape index (κ2) is 7.67. The molecule has 146 valence electrons. The average Bonchev–Trinajstić information content (AvgIpc) is 3.27. The first-order valence-electron chi connectivity index (χ1n) is 9.38. The van der Waals surface area contributed by atoms with E-state index in [1.807, 2.05) is 23.6 Å². The minimum absolute atomic E-state index is 0.180. The SMILES string of the molecule is CCCn1c(C)cc(-c2csc(NC(=O)[C@@H]3COc4ccccc4O3)n2)c1C. The fraction of sp³-hybridized carbons (Fsp3) is 0.333. The van der Waals surface area contributed by atoms with E-state index in [-0.39, 0.29) is 12.5 Å². The first kappa shape index (κ1) is 18.6. The maximum Gasteiger partial charge on any atom is 0.270 e. The molecule has 0 spiro atoms. The standard InChI is InChI=1S/C21H23N3O3S/c1-4-9-24-13(2)10-15(14(24)3)16-12-28-21(22-16)23-20(25)19-11-26-17-7-5-6-8-18(17)27-19/h5-8,10,12,19H,4,9,11H2,1-3H3,(H,22,23,25)/t19-/m0/s1. The van der Waals surface area contributed by atoms with Crippen LogP contribution in [0.3, 0.4) is 0 Å². The number of nitrogens with zero attached hydrogens (tertiary/aromatic N) is 2. The van der Waals surface area contributed by atoms with Crippen molar-refractivity contribution in [2.45, 2.75) is 39.8 Å². The number of ether oxygens (including phenoxy) is 2. The zero-order valence-electron chi connectivity index (χ0n) is 16.2. The molecule has 4 rings (SSSR count). The quantitative estimate of drug-likeness (QED) is 0.692. The molecular weight excluding hydrogens is 374 g/mol. The highest BCUT2D eigenvalue weighted by Crippen LogP contribution is 2.32. The van der Waals surface area contributed by atoms with Crippen LogP contribution in [0.25, 0.3) is 11.3 Å². The fourth-order valence-electron chi connectivity index (χ4n) is 3.42. The predicted molar refractivity (Wildman–Crippen MR) is 110 cm³/mol. The summed E-state index contributed by atoms with van der Waals surface area (Å²) in [6.07, 6.45) is 0.387. The van der Waals surface area contributed by atoms with E-state index in [0.717, 1.165) is 24.2 Å². The number of amides is 1. The van der Waals surface area contributed by atoms with Crippen molar-refractivity contribution in [3.8, 4) is 22.8 Å². The van der Waals surface area contributed by atoms with E-state index in [9.17, 15) is 4.79 Å². The summed E-state index contributed by atoms with van der Waals surface area (Å²) in [4.78, 5) is 17.2. The molecule has 0 radical (unpaired) electrons. The molecule has 0 saturated carbocycles. The van der Waals surface area contributed by atoms with Crippen LogP contribution in [-0.4, -0.2) is 28.2 Å². The van der Waals surface area contributed by atoms with Crippen LogP contribution in [0.15, 0.2) is 35.7 Å². The Labute approximate surface area is 168 Å². The molecule has 2 aromatic heterocycles. The number of thiazole rings is 1. The molecule has 1 aliphatic heterocycles. The van der Waals surface area contributed by atoms with E-state index in [0.29, 0.717) is 16.6 Å². The highest BCUT2D eigenvalue weighted by atomic mass is 32.1. The second-order valence-corrected chi connectivity index (χ2v) is 7.69. The number of rotatable bonds is 5. The maximum absolute atomic E-state index is 12.6. The number of nitrogens with one attached hydrogen (secondary N) is 1. The molecule has 1 N–H and O–H groups in total. The molecule has 0 fully saturated rings. The molecule has 7 heteroatoms. The number of hydrogen-bond donors (Lipinski definition) is 1. The number of carbonyl (C=O) groups is 1. The molecule has 0 unspecified atom stereocenters. The van der Waals surface area contributed by atoms with Gasteiger partial charge in [-0.15, -0.1) is 11.3 Å². The second-order valence-electron chi connectivity index (χ2n) is 6.83. The topological polar surface area (TPSA) is 65.4 Å². The van der Waals surface area contributed by atoms with Gasteiger partial charge in [-0.3, -0.25) is 10.1 Å². The van der Waals surface area contributed by atoms with Crippen LogP contribution >= 0.6 is 11.3 Å².